The van der Waals surface area contributed by atoms with Crippen LogP contribution in [0.25, 0.3) is 0 Å². The molecule has 3 aromatic carbocycles. The van der Waals surface area contributed by atoms with Gasteiger partial charge in [-0.3, -0.25) is 0 Å². The Hall–Kier alpha value is -2.94. The summed E-state index contributed by atoms with van der Waals surface area (Å²) in [6, 6.07) is 20.8. The maximum atomic E-state index is 10.3. The summed E-state index contributed by atoms with van der Waals surface area (Å²) in [5.74, 6) is 2.36. The molecule has 0 heterocycles. The molecule has 0 amide bonds. The minimum absolute atomic E-state index is 0.0531. The molecule has 3 rings (SSSR count). The Balaban J connectivity index is 1.98. The van der Waals surface area contributed by atoms with E-state index in [4.69, 9.17) is 9.47 Å². The summed E-state index contributed by atoms with van der Waals surface area (Å²) < 4.78 is 12.1. The van der Waals surface area contributed by atoms with Crippen LogP contribution in [0.4, 0.5) is 0 Å². The average molecular weight is 334 g/mol. The van der Waals surface area contributed by atoms with E-state index in [1.165, 1.54) is 0 Å². The molecule has 0 unspecified atom stereocenters. The highest BCUT2D eigenvalue weighted by atomic mass is 16.5. The van der Waals surface area contributed by atoms with Crippen molar-refractivity contribution < 1.29 is 14.6 Å². The molecule has 0 aliphatic rings. The van der Waals surface area contributed by atoms with Crippen LogP contribution >= 0.6 is 0 Å². The molecule has 3 heteroatoms. The Kier molecular flexibility index (Phi) is 5.24. The highest BCUT2D eigenvalue weighted by molar-refractivity contribution is 5.55. The Morgan fingerprint density at radius 2 is 1.16 bits per heavy atom. The molecule has 1 N–H and O–H groups in total. The van der Waals surface area contributed by atoms with Crippen molar-refractivity contribution in [3.63, 3.8) is 0 Å². The van der Waals surface area contributed by atoms with Gasteiger partial charge in [0.1, 0.15) is 11.5 Å². The van der Waals surface area contributed by atoms with Gasteiger partial charge >= 0.3 is 0 Å². The predicted octanol–water partition coefficient (Wildman–Crippen LogP) is 6.10. The van der Waals surface area contributed by atoms with Gasteiger partial charge in [-0.15, -0.1) is 0 Å². The number of para-hydroxylation sites is 3. The maximum Gasteiger partial charge on any atom is 0.211 e. The largest absolute Gasteiger partial charge is 0.504 e. The number of hydrogen-bond acceptors (Lipinski definition) is 3. The average Bonchev–Trinajstić information content (AvgIpc) is 2.65. The first-order valence-corrected chi connectivity index (χ1v) is 8.56. The van der Waals surface area contributed by atoms with Gasteiger partial charge in [0.2, 0.25) is 5.75 Å². The lowest BCUT2D eigenvalue weighted by Crippen LogP contribution is -1.95. The predicted molar refractivity (Wildman–Crippen MR) is 99.9 cm³/mol. The molecule has 0 fully saturated rings. The minimum atomic E-state index is 0.0531. The van der Waals surface area contributed by atoms with E-state index in [9.17, 15) is 5.11 Å². The summed E-state index contributed by atoms with van der Waals surface area (Å²) >= 11 is 0. The first-order chi connectivity index (χ1) is 12.2. The minimum Gasteiger partial charge on any atom is -0.504 e. The summed E-state index contributed by atoms with van der Waals surface area (Å²) in [5, 5.41) is 10.3. The first kappa shape index (κ1) is 16.9. The van der Waals surface area contributed by atoms with Gasteiger partial charge in [-0.05, 0) is 48.2 Å². The number of ether oxygens (including phenoxy) is 2. The summed E-state index contributed by atoms with van der Waals surface area (Å²) in [7, 11) is 0. The second-order valence-electron chi connectivity index (χ2n) is 5.73. The van der Waals surface area contributed by atoms with Crippen molar-refractivity contribution in [2.75, 3.05) is 0 Å². The molecule has 25 heavy (non-hydrogen) atoms. The highest BCUT2D eigenvalue weighted by Crippen LogP contribution is 2.42. The van der Waals surface area contributed by atoms with Crippen molar-refractivity contribution >= 4 is 0 Å². The number of benzene rings is 3. The van der Waals surface area contributed by atoms with E-state index in [1.54, 1.807) is 18.2 Å². The molecule has 128 valence electrons. The van der Waals surface area contributed by atoms with Gasteiger partial charge in [0, 0.05) is 0 Å². The van der Waals surface area contributed by atoms with Crippen LogP contribution in [0.5, 0.6) is 28.7 Å². The van der Waals surface area contributed by atoms with Crippen LogP contribution in [0.3, 0.4) is 0 Å². The van der Waals surface area contributed by atoms with E-state index in [0.717, 1.165) is 35.5 Å². The topological polar surface area (TPSA) is 38.7 Å². The molecular formula is C22H22O3. The van der Waals surface area contributed by atoms with Gasteiger partial charge in [0.05, 0.1) is 0 Å². The molecule has 0 aromatic heterocycles. The number of phenolic OH excluding ortho intramolecular Hbond substituents is 1. The molecule has 0 saturated carbocycles. The number of aromatic hydroxyl groups is 1. The molecule has 0 aliphatic heterocycles. The van der Waals surface area contributed by atoms with Gasteiger partial charge in [-0.1, -0.05) is 56.3 Å². The summed E-state index contributed by atoms with van der Waals surface area (Å²) in [6.07, 6.45) is 1.71. The zero-order chi connectivity index (χ0) is 17.6. The number of hydrogen-bond donors (Lipinski definition) is 1. The lowest BCUT2D eigenvalue weighted by Gasteiger charge is -2.16. The van der Waals surface area contributed by atoms with Gasteiger partial charge < -0.3 is 14.6 Å². The third-order valence-electron chi connectivity index (χ3n) is 4.10. The Morgan fingerprint density at radius 3 is 1.76 bits per heavy atom. The molecule has 0 aliphatic carbocycles. The van der Waals surface area contributed by atoms with E-state index < -0.39 is 0 Å². The van der Waals surface area contributed by atoms with Crippen molar-refractivity contribution in [2.45, 2.75) is 26.7 Å². The monoisotopic (exact) mass is 334 g/mol. The van der Waals surface area contributed by atoms with Crippen molar-refractivity contribution in [3.05, 3.63) is 77.9 Å². The number of phenols is 1. The first-order valence-electron chi connectivity index (χ1n) is 8.56. The highest BCUT2D eigenvalue weighted by Gasteiger charge is 2.15. The normalized spacial score (nSPS) is 10.5. The lowest BCUT2D eigenvalue weighted by atomic mass is 10.1. The van der Waals surface area contributed by atoms with Gasteiger partial charge in [-0.25, -0.2) is 0 Å². The third-order valence-corrected chi connectivity index (χ3v) is 4.10. The zero-order valence-corrected chi connectivity index (χ0v) is 14.5. The fraction of sp³-hybridized carbons (Fsp3) is 0.182. The Morgan fingerprint density at radius 1 is 0.640 bits per heavy atom. The SMILES string of the molecule is CCc1ccccc1Oc1cccc(O)c1Oc1ccccc1CC. The van der Waals surface area contributed by atoms with Crippen LogP contribution in [0.1, 0.15) is 25.0 Å². The van der Waals surface area contributed by atoms with Crippen molar-refractivity contribution in [2.24, 2.45) is 0 Å². The van der Waals surface area contributed by atoms with E-state index >= 15 is 0 Å². The van der Waals surface area contributed by atoms with Crippen LogP contribution in [-0.2, 0) is 12.8 Å². The van der Waals surface area contributed by atoms with Crippen LogP contribution in [-0.4, -0.2) is 5.11 Å². The smallest absolute Gasteiger partial charge is 0.211 e. The van der Waals surface area contributed by atoms with E-state index in [-0.39, 0.29) is 5.75 Å². The van der Waals surface area contributed by atoms with Crippen molar-refractivity contribution in [1.82, 2.24) is 0 Å². The quantitative estimate of drug-likeness (QED) is 0.592. The number of rotatable bonds is 6. The van der Waals surface area contributed by atoms with Crippen LogP contribution in [0.15, 0.2) is 66.7 Å². The fourth-order valence-corrected chi connectivity index (χ4v) is 2.71. The van der Waals surface area contributed by atoms with Crippen molar-refractivity contribution in [3.8, 4) is 28.7 Å². The zero-order valence-electron chi connectivity index (χ0n) is 14.5. The second-order valence-corrected chi connectivity index (χ2v) is 5.73. The lowest BCUT2D eigenvalue weighted by molar-refractivity contribution is 0.378. The van der Waals surface area contributed by atoms with Crippen LogP contribution in [0.2, 0.25) is 0 Å². The maximum absolute atomic E-state index is 10.3. The fourth-order valence-electron chi connectivity index (χ4n) is 2.71. The molecular weight excluding hydrogens is 312 g/mol. The van der Waals surface area contributed by atoms with Crippen LogP contribution in [0, 0.1) is 0 Å². The van der Waals surface area contributed by atoms with E-state index in [1.807, 2.05) is 48.5 Å². The molecule has 0 radical (unpaired) electrons. The van der Waals surface area contributed by atoms with Crippen LogP contribution < -0.4 is 9.47 Å². The molecule has 0 saturated heterocycles. The molecule has 0 bridgehead atoms. The summed E-state index contributed by atoms with van der Waals surface area (Å²) in [5.41, 5.74) is 2.18. The molecule has 0 spiro atoms. The van der Waals surface area contributed by atoms with Gasteiger partial charge in [0.15, 0.2) is 11.5 Å². The Labute approximate surface area is 148 Å². The third kappa shape index (κ3) is 3.77. The number of aryl methyl sites for hydroxylation is 2. The molecule has 3 aromatic rings. The van der Waals surface area contributed by atoms with E-state index in [2.05, 4.69) is 13.8 Å². The van der Waals surface area contributed by atoms with Gasteiger partial charge in [0.25, 0.3) is 0 Å². The standard InChI is InChI=1S/C22H22O3/c1-3-16-10-5-7-13-19(16)24-21-15-9-12-18(23)22(21)25-20-14-8-6-11-17(20)4-2/h5-15,23H,3-4H2,1-2H3. The Bertz CT molecular complexity index is 855. The van der Waals surface area contributed by atoms with Crippen molar-refractivity contribution in [1.29, 1.82) is 0 Å². The van der Waals surface area contributed by atoms with E-state index in [0.29, 0.717) is 11.5 Å². The van der Waals surface area contributed by atoms with Gasteiger partial charge in [-0.2, -0.15) is 0 Å². The molecule has 0 atom stereocenters. The second kappa shape index (κ2) is 7.75. The summed E-state index contributed by atoms with van der Waals surface area (Å²) in [4.78, 5) is 0. The molecule has 3 nitrogen and oxygen atoms in total. The summed E-state index contributed by atoms with van der Waals surface area (Å²) in [6.45, 7) is 4.15.